The molecule has 71 heavy (non-hydrogen) atoms. The number of unbranched alkanes of at least 4 members (excludes halogenated alkanes) is 53. The van der Waals surface area contributed by atoms with Crippen molar-refractivity contribution in [2.24, 2.45) is 0 Å². The van der Waals surface area contributed by atoms with Crippen molar-refractivity contribution < 1.29 is 15.0 Å². The minimum atomic E-state index is -0.838. The van der Waals surface area contributed by atoms with Crippen LogP contribution in [0.5, 0.6) is 0 Å². The molecule has 0 rings (SSSR count). The number of carbonyl (C=O) groups is 1. The quantitative estimate of drug-likeness (QED) is 0.0420. The maximum absolute atomic E-state index is 12.5. The summed E-state index contributed by atoms with van der Waals surface area (Å²) in [6.07, 6.45) is 85.4. The van der Waals surface area contributed by atoms with Crippen molar-refractivity contribution in [3.8, 4) is 0 Å². The van der Waals surface area contributed by atoms with Crippen LogP contribution in [0.4, 0.5) is 0 Å². The number of amides is 1. The van der Waals surface area contributed by atoms with Gasteiger partial charge in [-0.3, -0.25) is 4.79 Å². The second kappa shape index (κ2) is 63.2. The van der Waals surface area contributed by atoms with Crippen LogP contribution in [0.15, 0.2) is 24.3 Å². The number of hydrogen-bond donors (Lipinski definition) is 3. The molecule has 0 aromatic heterocycles. The lowest BCUT2D eigenvalue weighted by Gasteiger charge is -2.20. The summed E-state index contributed by atoms with van der Waals surface area (Å²) in [4.78, 5) is 12.5. The first kappa shape index (κ1) is 69.9. The van der Waals surface area contributed by atoms with Crippen LogP contribution in [0.2, 0.25) is 0 Å². The second-order valence-electron chi connectivity index (χ2n) is 22.9. The first-order chi connectivity index (χ1) is 35.2. The molecular weight excluding hydrogens is 867 g/mol. The van der Waals surface area contributed by atoms with Crippen LogP contribution < -0.4 is 5.32 Å². The van der Waals surface area contributed by atoms with Gasteiger partial charge in [0.05, 0.1) is 18.8 Å². The van der Waals surface area contributed by atoms with Gasteiger partial charge in [0.1, 0.15) is 0 Å². The molecule has 4 heteroatoms. The molecule has 0 saturated heterocycles. The summed E-state index contributed by atoms with van der Waals surface area (Å²) < 4.78 is 0. The van der Waals surface area contributed by atoms with Gasteiger partial charge in [-0.15, -0.1) is 0 Å². The molecule has 4 nitrogen and oxygen atoms in total. The Hall–Kier alpha value is -1.13. The summed E-state index contributed by atoms with van der Waals surface area (Å²) in [7, 11) is 0. The molecule has 0 aromatic rings. The Morgan fingerprint density at radius 2 is 0.535 bits per heavy atom. The molecular formula is C67H131NO3. The zero-order valence-electron chi connectivity index (χ0n) is 48.8. The van der Waals surface area contributed by atoms with Gasteiger partial charge < -0.3 is 15.5 Å². The molecule has 0 aromatic carbocycles. The van der Waals surface area contributed by atoms with E-state index in [-0.39, 0.29) is 12.5 Å². The highest BCUT2D eigenvalue weighted by molar-refractivity contribution is 5.76. The summed E-state index contributed by atoms with van der Waals surface area (Å²) in [5.41, 5.74) is 0. The largest absolute Gasteiger partial charge is 0.394 e. The Bertz CT molecular complexity index is 1040. The Morgan fingerprint density at radius 1 is 0.324 bits per heavy atom. The maximum Gasteiger partial charge on any atom is 0.220 e. The van der Waals surface area contributed by atoms with Crippen LogP contribution in [0.1, 0.15) is 380 Å². The molecule has 0 fully saturated rings. The van der Waals surface area contributed by atoms with Crippen molar-refractivity contribution in [1.82, 2.24) is 5.32 Å². The minimum Gasteiger partial charge on any atom is -0.394 e. The molecule has 0 heterocycles. The van der Waals surface area contributed by atoms with E-state index < -0.39 is 12.1 Å². The van der Waals surface area contributed by atoms with Crippen LogP contribution in [-0.4, -0.2) is 34.9 Å². The van der Waals surface area contributed by atoms with Gasteiger partial charge in [-0.05, 0) is 44.9 Å². The van der Waals surface area contributed by atoms with Crippen LogP contribution in [-0.2, 0) is 4.79 Å². The fourth-order valence-corrected chi connectivity index (χ4v) is 10.7. The summed E-state index contributed by atoms with van der Waals surface area (Å²) in [6, 6.07) is -0.621. The summed E-state index contributed by atoms with van der Waals surface area (Å²) >= 11 is 0. The summed E-state index contributed by atoms with van der Waals surface area (Å²) in [5.74, 6) is -0.0560. The number of nitrogens with one attached hydrogen (secondary N) is 1. The SMILES string of the molecule is CCCCCCCCCCCCCCCCCC/C=C\CCCCCCCCCCCCCCCCCCCC(=O)NC(CO)C(O)/C=C/CCCCCCCCCCCCCCCCCCCCCC. The Balaban J connectivity index is 3.40. The Kier molecular flexibility index (Phi) is 62.2. The number of aliphatic hydroxyl groups is 2. The molecule has 2 atom stereocenters. The third-order valence-corrected chi connectivity index (χ3v) is 15.7. The topological polar surface area (TPSA) is 69.6 Å². The standard InChI is InChI=1S/C67H131NO3/c1-3-5-7-9-11-13-15-17-19-21-23-25-27-28-29-30-31-32-33-34-35-36-37-38-39-40-41-43-45-47-49-51-53-55-57-59-61-63-67(71)68-65(64-69)66(70)62-60-58-56-54-52-50-48-46-44-42-26-24-22-20-18-16-14-12-10-8-6-4-2/h32-33,60,62,65-66,69-70H,3-31,34-59,61,63-64H2,1-2H3,(H,68,71)/b33-32-,62-60+. The number of carbonyl (C=O) groups excluding carboxylic acids is 1. The van der Waals surface area contributed by atoms with E-state index in [1.165, 1.54) is 334 Å². The van der Waals surface area contributed by atoms with Crippen molar-refractivity contribution in [2.45, 2.75) is 392 Å². The lowest BCUT2D eigenvalue weighted by molar-refractivity contribution is -0.123. The Morgan fingerprint density at radius 3 is 0.775 bits per heavy atom. The van der Waals surface area contributed by atoms with Gasteiger partial charge in [-0.2, -0.15) is 0 Å². The van der Waals surface area contributed by atoms with E-state index in [0.29, 0.717) is 6.42 Å². The third-order valence-electron chi connectivity index (χ3n) is 15.7. The smallest absolute Gasteiger partial charge is 0.220 e. The predicted molar refractivity (Wildman–Crippen MR) is 318 cm³/mol. The average Bonchev–Trinajstić information content (AvgIpc) is 3.37. The molecule has 3 N–H and O–H groups in total. The summed E-state index contributed by atoms with van der Waals surface area (Å²) in [6.45, 7) is 4.36. The average molecular weight is 999 g/mol. The highest BCUT2D eigenvalue weighted by Gasteiger charge is 2.18. The van der Waals surface area contributed by atoms with Crippen LogP contribution >= 0.6 is 0 Å². The van der Waals surface area contributed by atoms with Gasteiger partial charge in [0.2, 0.25) is 5.91 Å². The first-order valence-electron chi connectivity index (χ1n) is 33.1. The molecule has 0 bridgehead atoms. The third kappa shape index (κ3) is 59.6. The van der Waals surface area contributed by atoms with Crippen molar-refractivity contribution in [2.75, 3.05) is 6.61 Å². The van der Waals surface area contributed by atoms with Gasteiger partial charge in [0, 0.05) is 6.42 Å². The molecule has 0 spiro atoms. The van der Waals surface area contributed by atoms with Crippen LogP contribution in [0.25, 0.3) is 0 Å². The molecule has 2 unspecified atom stereocenters. The lowest BCUT2D eigenvalue weighted by Crippen LogP contribution is -2.45. The van der Waals surface area contributed by atoms with Crippen molar-refractivity contribution in [1.29, 1.82) is 0 Å². The molecule has 422 valence electrons. The Labute approximate surface area is 447 Å². The van der Waals surface area contributed by atoms with E-state index in [1.807, 2.05) is 6.08 Å². The van der Waals surface area contributed by atoms with Crippen molar-refractivity contribution in [3.05, 3.63) is 24.3 Å². The highest BCUT2D eigenvalue weighted by atomic mass is 16.3. The molecule has 0 aliphatic heterocycles. The van der Waals surface area contributed by atoms with Gasteiger partial charge in [-0.25, -0.2) is 0 Å². The van der Waals surface area contributed by atoms with Gasteiger partial charge in [-0.1, -0.05) is 353 Å². The number of aliphatic hydroxyl groups excluding tert-OH is 2. The van der Waals surface area contributed by atoms with E-state index in [1.54, 1.807) is 6.08 Å². The molecule has 0 aliphatic carbocycles. The lowest BCUT2D eigenvalue weighted by atomic mass is 10.0. The number of rotatable bonds is 62. The second-order valence-corrected chi connectivity index (χ2v) is 22.9. The van der Waals surface area contributed by atoms with Crippen molar-refractivity contribution >= 4 is 5.91 Å². The highest BCUT2D eigenvalue weighted by Crippen LogP contribution is 2.19. The molecule has 0 radical (unpaired) electrons. The molecule has 0 saturated carbocycles. The van der Waals surface area contributed by atoms with E-state index >= 15 is 0 Å². The monoisotopic (exact) mass is 998 g/mol. The predicted octanol–water partition coefficient (Wildman–Crippen LogP) is 22.2. The van der Waals surface area contributed by atoms with Gasteiger partial charge in [0.25, 0.3) is 0 Å². The van der Waals surface area contributed by atoms with E-state index in [0.717, 1.165) is 25.7 Å². The maximum atomic E-state index is 12.5. The van der Waals surface area contributed by atoms with E-state index in [4.69, 9.17) is 0 Å². The normalized spacial score (nSPS) is 12.8. The van der Waals surface area contributed by atoms with Gasteiger partial charge >= 0.3 is 0 Å². The van der Waals surface area contributed by atoms with E-state index in [2.05, 4.69) is 31.3 Å². The summed E-state index contributed by atoms with van der Waals surface area (Å²) in [5, 5.41) is 23.2. The van der Waals surface area contributed by atoms with Crippen LogP contribution in [0.3, 0.4) is 0 Å². The van der Waals surface area contributed by atoms with Crippen LogP contribution in [0, 0.1) is 0 Å². The zero-order valence-corrected chi connectivity index (χ0v) is 48.8. The molecule has 1 amide bonds. The van der Waals surface area contributed by atoms with Gasteiger partial charge in [0.15, 0.2) is 0 Å². The fourth-order valence-electron chi connectivity index (χ4n) is 10.7. The minimum absolute atomic E-state index is 0.0560. The van der Waals surface area contributed by atoms with E-state index in [9.17, 15) is 15.0 Å². The molecule has 0 aliphatic rings. The first-order valence-corrected chi connectivity index (χ1v) is 33.1. The van der Waals surface area contributed by atoms with Crippen molar-refractivity contribution in [3.63, 3.8) is 0 Å². The number of hydrogen-bond acceptors (Lipinski definition) is 3. The number of allylic oxidation sites excluding steroid dienone is 3. The fraction of sp³-hybridized carbons (Fsp3) is 0.925. The zero-order chi connectivity index (χ0) is 51.3.